The normalized spacial score (nSPS) is 14.2. The van der Waals surface area contributed by atoms with E-state index in [2.05, 4.69) is 15.6 Å². The van der Waals surface area contributed by atoms with Crippen molar-refractivity contribution in [3.63, 3.8) is 0 Å². The number of carbonyl (C=O) groups is 1. The molecule has 20 heavy (non-hydrogen) atoms. The zero-order valence-corrected chi connectivity index (χ0v) is 12.2. The van der Waals surface area contributed by atoms with Crippen LogP contribution in [-0.2, 0) is 4.79 Å². The third kappa shape index (κ3) is 4.06. The summed E-state index contributed by atoms with van der Waals surface area (Å²) < 4.78 is 4.98. The van der Waals surface area contributed by atoms with Crippen LogP contribution in [0.3, 0.4) is 0 Å². The Morgan fingerprint density at radius 1 is 1.55 bits per heavy atom. The summed E-state index contributed by atoms with van der Waals surface area (Å²) in [5.74, 6) is 0.784. The predicted octanol–water partition coefficient (Wildman–Crippen LogP) is 0.999. The minimum atomic E-state index is 0.227. The third-order valence-corrected chi connectivity index (χ3v) is 3.29. The van der Waals surface area contributed by atoms with Crippen LogP contribution in [0.2, 0.25) is 0 Å². The smallest absolute Gasteiger partial charge is 0.222 e. The molecule has 2 N–H and O–H groups in total. The quantitative estimate of drug-likeness (QED) is 0.790. The first-order valence-electron chi connectivity index (χ1n) is 6.51. The molecule has 0 bridgehead atoms. The minimum Gasteiger partial charge on any atom is -0.481 e. The second-order valence-corrected chi connectivity index (χ2v) is 4.86. The molecule has 0 unspecified atom stereocenters. The maximum atomic E-state index is 11.4. The molecule has 7 heteroatoms. The lowest BCUT2D eigenvalue weighted by Gasteiger charge is -2.16. The van der Waals surface area contributed by atoms with Gasteiger partial charge in [-0.25, -0.2) is 4.98 Å². The number of amides is 1. The number of hydrogen-bond acceptors (Lipinski definition) is 4. The van der Waals surface area contributed by atoms with E-state index in [9.17, 15) is 4.79 Å². The van der Waals surface area contributed by atoms with E-state index < -0.39 is 0 Å². The standard InChI is InChI=1S/C13H18N4O2S/c1-19-11-5-4-10(9-15-11)16-13(20)14-6-8-17-7-2-3-12(17)18/h4-5,9H,2-3,6-8H2,1H3,(H2,14,16,20). The van der Waals surface area contributed by atoms with Gasteiger partial charge in [0.2, 0.25) is 11.8 Å². The van der Waals surface area contributed by atoms with E-state index in [1.165, 1.54) is 0 Å². The number of ether oxygens (including phenoxy) is 1. The van der Waals surface area contributed by atoms with Gasteiger partial charge in [-0.15, -0.1) is 0 Å². The highest BCUT2D eigenvalue weighted by Crippen LogP contribution is 2.11. The van der Waals surface area contributed by atoms with Crippen LogP contribution >= 0.6 is 12.2 Å². The zero-order valence-electron chi connectivity index (χ0n) is 11.4. The molecule has 1 aliphatic heterocycles. The van der Waals surface area contributed by atoms with Gasteiger partial charge in [-0.2, -0.15) is 0 Å². The number of thiocarbonyl (C=S) groups is 1. The van der Waals surface area contributed by atoms with E-state index in [4.69, 9.17) is 17.0 Å². The second kappa shape index (κ2) is 7.04. The molecule has 2 rings (SSSR count). The lowest BCUT2D eigenvalue weighted by atomic mass is 10.4. The van der Waals surface area contributed by atoms with Crippen LogP contribution in [0, 0.1) is 0 Å². The van der Waals surface area contributed by atoms with Crippen molar-refractivity contribution >= 4 is 28.9 Å². The number of aromatic nitrogens is 1. The summed E-state index contributed by atoms with van der Waals surface area (Å²) in [7, 11) is 1.57. The highest BCUT2D eigenvalue weighted by atomic mass is 32.1. The summed E-state index contributed by atoms with van der Waals surface area (Å²) in [6, 6.07) is 3.59. The summed E-state index contributed by atoms with van der Waals surface area (Å²) >= 11 is 5.18. The number of methoxy groups -OCH3 is 1. The van der Waals surface area contributed by atoms with Gasteiger partial charge in [0.1, 0.15) is 0 Å². The Kier molecular flexibility index (Phi) is 5.11. The van der Waals surface area contributed by atoms with Crippen LogP contribution in [0.15, 0.2) is 18.3 Å². The first-order chi connectivity index (χ1) is 9.69. The first kappa shape index (κ1) is 14.5. The summed E-state index contributed by atoms with van der Waals surface area (Å²) in [5.41, 5.74) is 0.792. The van der Waals surface area contributed by atoms with Crippen molar-refractivity contribution in [2.24, 2.45) is 0 Å². The van der Waals surface area contributed by atoms with E-state index in [0.717, 1.165) is 18.7 Å². The summed E-state index contributed by atoms with van der Waals surface area (Å²) in [5, 5.41) is 6.62. The van der Waals surface area contributed by atoms with E-state index in [-0.39, 0.29) is 5.91 Å². The molecular weight excluding hydrogens is 276 g/mol. The zero-order chi connectivity index (χ0) is 14.4. The van der Waals surface area contributed by atoms with Crippen LogP contribution in [0.5, 0.6) is 5.88 Å². The van der Waals surface area contributed by atoms with E-state index in [0.29, 0.717) is 30.5 Å². The highest BCUT2D eigenvalue weighted by molar-refractivity contribution is 7.80. The highest BCUT2D eigenvalue weighted by Gasteiger charge is 2.19. The fourth-order valence-corrected chi connectivity index (χ4v) is 2.22. The number of hydrogen-bond donors (Lipinski definition) is 2. The number of rotatable bonds is 5. The van der Waals surface area contributed by atoms with Gasteiger partial charge in [0, 0.05) is 32.1 Å². The van der Waals surface area contributed by atoms with Crippen LogP contribution in [-0.4, -0.2) is 47.6 Å². The van der Waals surface area contributed by atoms with Crippen LogP contribution in [0.4, 0.5) is 5.69 Å². The third-order valence-electron chi connectivity index (χ3n) is 3.04. The molecule has 1 aromatic rings. The number of nitrogens with zero attached hydrogens (tertiary/aromatic N) is 2. The molecule has 0 spiro atoms. The number of carbonyl (C=O) groups excluding carboxylic acids is 1. The molecule has 0 atom stereocenters. The van der Waals surface area contributed by atoms with Gasteiger partial charge < -0.3 is 20.3 Å². The molecule has 108 valence electrons. The van der Waals surface area contributed by atoms with Crippen LogP contribution < -0.4 is 15.4 Å². The molecule has 0 radical (unpaired) electrons. The molecule has 1 aromatic heterocycles. The lowest BCUT2D eigenvalue weighted by Crippen LogP contribution is -2.37. The fraction of sp³-hybridized carbons (Fsp3) is 0.462. The number of likely N-dealkylation sites (tertiary alicyclic amines) is 1. The lowest BCUT2D eigenvalue weighted by molar-refractivity contribution is -0.127. The van der Waals surface area contributed by atoms with Gasteiger partial charge in [0.15, 0.2) is 5.11 Å². The fourth-order valence-electron chi connectivity index (χ4n) is 2.00. The van der Waals surface area contributed by atoms with Crippen molar-refractivity contribution in [1.29, 1.82) is 0 Å². The number of pyridine rings is 1. The minimum absolute atomic E-state index is 0.227. The average molecular weight is 294 g/mol. The Labute approximate surface area is 123 Å². The Morgan fingerprint density at radius 2 is 2.40 bits per heavy atom. The maximum absolute atomic E-state index is 11.4. The van der Waals surface area contributed by atoms with E-state index >= 15 is 0 Å². The Hall–Kier alpha value is -1.89. The SMILES string of the molecule is COc1ccc(NC(=S)NCCN2CCCC2=O)cn1. The molecular formula is C13H18N4O2S. The molecule has 1 saturated heterocycles. The molecule has 1 aliphatic rings. The maximum Gasteiger partial charge on any atom is 0.222 e. The van der Waals surface area contributed by atoms with Crippen molar-refractivity contribution in [2.75, 3.05) is 32.1 Å². The van der Waals surface area contributed by atoms with E-state index in [1.807, 2.05) is 11.0 Å². The molecule has 1 amide bonds. The second-order valence-electron chi connectivity index (χ2n) is 4.45. The topological polar surface area (TPSA) is 66.5 Å². The van der Waals surface area contributed by atoms with Crippen molar-refractivity contribution in [2.45, 2.75) is 12.8 Å². The Morgan fingerprint density at radius 3 is 3.00 bits per heavy atom. The summed E-state index contributed by atoms with van der Waals surface area (Å²) in [6.07, 6.45) is 3.27. The average Bonchev–Trinajstić information content (AvgIpc) is 2.85. The molecule has 6 nitrogen and oxygen atoms in total. The molecule has 0 aromatic carbocycles. The first-order valence-corrected chi connectivity index (χ1v) is 6.92. The molecule has 1 fully saturated rings. The molecule has 2 heterocycles. The van der Waals surface area contributed by atoms with Crippen molar-refractivity contribution < 1.29 is 9.53 Å². The van der Waals surface area contributed by atoms with Crippen LogP contribution in [0.25, 0.3) is 0 Å². The van der Waals surface area contributed by atoms with Crippen molar-refractivity contribution in [3.05, 3.63) is 18.3 Å². The van der Waals surface area contributed by atoms with Gasteiger partial charge in [-0.3, -0.25) is 4.79 Å². The van der Waals surface area contributed by atoms with Gasteiger partial charge in [-0.05, 0) is 24.7 Å². The Balaban J connectivity index is 1.70. The molecule has 0 saturated carbocycles. The van der Waals surface area contributed by atoms with Gasteiger partial charge in [0.05, 0.1) is 19.0 Å². The van der Waals surface area contributed by atoms with Gasteiger partial charge in [-0.1, -0.05) is 0 Å². The van der Waals surface area contributed by atoms with Gasteiger partial charge >= 0.3 is 0 Å². The largest absolute Gasteiger partial charge is 0.481 e. The van der Waals surface area contributed by atoms with Crippen LogP contribution in [0.1, 0.15) is 12.8 Å². The summed E-state index contributed by atoms with van der Waals surface area (Å²) in [4.78, 5) is 17.4. The summed E-state index contributed by atoms with van der Waals surface area (Å²) in [6.45, 7) is 2.17. The number of nitrogens with one attached hydrogen (secondary N) is 2. The predicted molar refractivity (Wildman–Crippen MR) is 80.8 cm³/mol. The Bertz CT molecular complexity index is 478. The van der Waals surface area contributed by atoms with Gasteiger partial charge in [0.25, 0.3) is 0 Å². The van der Waals surface area contributed by atoms with E-state index in [1.54, 1.807) is 19.4 Å². The number of anilines is 1. The monoisotopic (exact) mass is 294 g/mol. The van der Waals surface area contributed by atoms with Crippen molar-refractivity contribution in [3.8, 4) is 5.88 Å². The van der Waals surface area contributed by atoms with Crippen molar-refractivity contribution in [1.82, 2.24) is 15.2 Å². The molecule has 0 aliphatic carbocycles.